The summed E-state index contributed by atoms with van der Waals surface area (Å²) in [6.07, 6.45) is 2.18. The first-order chi connectivity index (χ1) is 7.74. The van der Waals surface area contributed by atoms with E-state index in [4.69, 9.17) is 14.6 Å². The van der Waals surface area contributed by atoms with Crippen molar-refractivity contribution in [3.8, 4) is 0 Å². The van der Waals surface area contributed by atoms with Crippen molar-refractivity contribution in [3.05, 3.63) is 0 Å². The maximum absolute atomic E-state index is 5.95. The Bertz CT molecular complexity index is 153. The standard InChI is InChI=1S/C11H28N2O2Si/c1-4-14-16(15-5-2,11-9-13-3)10-7-6-8-12/h13H,4-12H2,1-3H3. The molecule has 0 aliphatic heterocycles. The van der Waals surface area contributed by atoms with E-state index >= 15 is 0 Å². The fourth-order valence-corrected chi connectivity index (χ4v) is 5.22. The quantitative estimate of drug-likeness (QED) is 0.429. The van der Waals surface area contributed by atoms with Crippen molar-refractivity contribution in [1.29, 1.82) is 0 Å². The SMILES string of the molecule is CCO[Si](CCCCN)(CCNC)OCC. The molecule has 5 heteroatoms. The van der Waals surface area contributed by atoms with Gasteiger partial charge in [0.1, 0.15) is 0 Å². The summed E-state index contributed by atoms with van der Waals surface area (Å²) in [4.78, 5) is 0. The summed E-state index contributed by atoms with van der Waals surface area (Å²) in [7, 11) is -0.00261. The highest BCUT2D eigenvalue weighted by atomic mass is 28.4. The highest BCUT2D eigenvalue weighted by Gasteiger charge is 2.35. The van der Waals surface area contributed by atoms with Crippen molar-refractivity contribution in [1.82, 2.24) is 5.32 Å². The summed E-state index contributed by atoms with van der Waals surface area (Å²) in [6, 6.07) is 2.09. The summed E-state index contributed by atoms with van der Waals surface area (Å²) in [6.45, 7) is 7.31. The molecule has 0 saturated carbocycles. The summed E-state index contributed by atoms with van der Waals surface area (Å²) < 4.78 is 11.9. The predicted octanol–water partition coefficient (Wildman–Crippen LogP) is 1.46. The second-order valence-electron chi connectivity index (χ2n) is 3.88. The highest BCUT2D eigenvalue weighted by Crippen LogP contribution is 2.21. The van der Waals surface area contributed by atoms with Crippen LogP contribution in [0.15, 0.2) is 0 Å². The van der Waals surface area contributed by atoms with Gasteiger partial charge in [-0.15, -0.1) is 0 Å². The normalized spacial score (nSPS) is 12.0. The lowest BCUT2D eigenvalue weighted by molar-refractivity contribution is 0.181. The van der Waals surface area contributed by atoms with Crippen LogP contribution in [0.1, 0.15) is 26.7 Å². The average molecular weight is 248 g/mol. The molecule has 0 aromatic heterocycles. The molecule has 0 spiro atoms. The molecular weight excluding hydrogens is 220 g/mol. The molecule has 0 radical (unpaired) electrons. The molecule has 0 amide bonds. The van der Waals surface area contributed by atoms with Crippen LogP contribution in [-0.4, -0.2) is 41.9 Å². The zero-order valence-corrected chi connectivity index (χ0v) is 12.1. The molecule has 0 unspecified atom stereocenters. The van der Waals surface area contributed by atoms with Gasteiger partial charge in [0.05, 0.1) is 0 Å². The zero-order valence-electron chi connectivity index (χ0n) is 11.1. The number of nitrogens with one attached hydrogen (secondary N) is 1. The topological polar surface area (TPSA) is 56.5 Å². The van der Waals surface area contributed by atoms with E-state index < -0.39 is 8.56 Å². The van der Waals surface area contributed by atoms with Gasteiger partial charge in [-0.3, -0.25) is 0 Å². The largest absolute Gasteiger partial charge is 0.394 e. The van der Waals surface area contributed by atoms with Gasteiger partial charge in [-0.1, -0.05) is 6.42 Å². The van der Waals surface area contributed by atoms with E-state index in [-0.39, 0.29) is 0 Å². The van der Waals surface area contributed by atoms with E-state index in [9.17, 15) is 0 Å². The van der Waals surface area contributed by atoms with Crippen LogP contribution in [0.3, 0.4) is 0 Å². The molecule has 4 nitrogen and oxygen atoms in total. The second-order valence-corrected chi connectivity index (χ2v) is 7.27. The Balaban J connectivity index is 4.24. The van der Waals surface area contributed by atoms with E-state index in [0.717, 1.165) is 51.2 Å². The summed E-state index contributed by atoms with van der Waals surface area (Å²) >= 11 is 0. The van der Waals surface area contributed by atoms with Crippen molar-refractivity contribution in [2.45, 2.75) is 38.8 Å². The van der Waals surface area contributed by atoms with Crippen LogP contribution < -0.4 is 11.1 Å². The Morgan fingerprint density at radius 1 is 1.06 bits per heavy atom. The van der Waals surface area contributed by atoms with Crippen LogP contribution >= 0.6 is 0 Å². The van der Waals surface area contributed by atoms with Gasteiger partial charge in [0.15, 0.2) is 0 Å². The van der Waals surface area contributed by atoms with E-state index in [1.54, 1.807) is 0 Å². The first-order valence-electron chi connectivity index (χ1n) is 6.37. The Kier molecular flexibility index (Phi) is 10.3. The molecule has 0 aromatic carbocycles. The van der Waals surface area contributed by atoms with E-state index in [0.29, 0.717) is 0 Å². The van der Waals surface area contributed by atoms with Gasteiger partial charge in [0.2, 0.25) is 0 Å². The first kappa shape index (κ1) is 16.1. The molecule has 0 fully saturated rings. The van der Waals surface area contributed by atoms with Gasteiger partial charge >= 0.3 is 8.56 Å². The zero-order chi connectivity index (χ0) is 12.3. The molecule has 0 aliphatic rings. The third kappa shape index (κ3) is 6.60. The molecule has 0 aliphatic carbocycles. The molecule has 0 bridgehead atoms. The van der Waals surface area contributed by atoms with Crippen molar-refractivity contribution in [2.24, 2.45) is 5.73 Å². The Morgan fingerprint density at radius 3 is 2.12 bits per heavy atom. The van der Waals surface area contributed by atoms with E-state index in [2.05, 4.69) is 5.32 Å². The van der Waals surface area contributed by atoms with Gasteiger partial charge < -0.3 is 19.9 Å². The maximum atomic E-state index is 5.95. The summed E-state index contributed by atoms with van der Waals surface area (Å²) in [5.74, 6) is 0. The molecule has 0 saturated heterocycles. The van der Waals surface area contributed by atoms with Crippen molar-refractivity contribution in [2.75, 3.05) is 33.4 Å². The van der Waals surface area contributed by atoms with E-state index in [1.807, 2.05) is 20.9 Å². The minimum absolute atomic E-state index is 0.749. The fourth-order valence-electron chi connectivity index (χ4n) is 1.84. The minimum atomic E-state index is -1.97. The third-order valence-corrected chi connectivity index (χ3v) is 6.34. The lowest BCUT2D eigenvalue weighted by Crippen LogP contribution is -2.44. The third-order valence-electron chi connectivity index (χ3n) is 2.58. The summed E-state index contributed by atoms with van der Waals surface area (Å²) in [5, 5.41) is 3.18. The molecular formula is C11H28N2O2Si. The molecule has 3 N–H and O–H groups in total. The Hall–Kier alpha value is 0.0569. The predicted molar refractivity (Wildman–Crippen MR) is 70.8 cm³/mol. The van der Waals surface area contributed by atoms with Crippen LogP contribution in [0, 0.1) is 0 Å². The van der Waals surface area contributed by atoms with Crippen molar-refractivity contribution >= 4 is 8.56 Å². The van der Waals surface area contributed by atoms with Crippen LogP contribution in [0.2, 0.25) is 12.1 Å². The van der Waals surface area contributed by atoms with Gasteiger partial charge in [-0.25, -0.2) is 0 Å². The maximum Gasteiger partial charge on any atom is 0.339 e. The van der Waals surface area contributed by atoms with Gasteiger partial charge in [0, 0.05) is 19.3 Å². The summed E-state index contributed by atoms with van der Waals surface area (Å²) in [5.41, 5.74) is 5.53. The number of rotatable bonds is 11. The second kappa shape index (κ2) is 10.2. The van der Waals surface area contributed by atoms with Crippen LogP contribution in [0.25, 0.3) is 0 Å². The van der Waals surface area contributed by atoms with Gasteiger partial charge in [-0.2, -0.15) is 0 Å². The minimum Gasteiger partial charge on any atom is -0.394 e. The van der Waals surface area contributed by atoms with Gasteiger partial charge in [-0.05, 0) is 46.4 Å². The molecule has 0 heterocycles. The number of nitrogens with two attached hydrogens (primary N) is 1. The molecule has 98 valence electrons. The lowest BCUT2D eigenvalue weighted by Gasteiger charge is -2.30. The highest BCUT2D eigenvalue weighted by molar-refractivity contribution is 6.67. The monoisotopic (exact) mass is 248 g/mol. The van der Waals surface area contributed by atoms with Crippen molar-refractivity contribution < 1.29 is 8.85 Å². The van der Waals surface area contributed by atoms with E-state index in [1.165, 1.54) is 0 Å². The average Bonchev–Trinajstić information content (AvgIpc) is 2.27. The number of hydrogen-bond donors (Lipinski definition) is 2. The van der Waals surface area contributed by atoms with Crippen LogP contribution in [0.5, 0.6) is 0 Å². The Labute approximate surface area is 101 Å². The number of hydrogen-bond acceptors (Lipinski definition) is 4. The first-order valence-corrected chi connectivity index (χ1v) is 8.60. The Morgan fingerprint density at radius 2 is 1.69 bits per heavy atom. The van der Waals surface area contributed by atoms with Crippen molar-refractivity contribution in [3.63, 3.8) is 0 Å². The molecule has 16 heavy (non-hydrogen) atoms. The molecule has 0 atom stereocenters. The van der Waals surface area contributed by atoms with Crippen LogP contribution in [-0.2, 0) is 8.85 Å². The molecule has 0 aromatic rings. The smallest absolute Gasteiger partial charge is 0.339 e. The number of unbranched alkanes of at least 4 members (excludes halogenated alkanes) is 1. The fraction of sp³-hybridized carbons (Fsp3) is 1.00. The van der Waals surface area contributed by atoms with Crippen LogP contribution in [0.4, 0.5) is 0 Å². The lowest BCUT2D eigenvalue weighted by atomic mass is 10.3. The molecule has 0 rings (SSSR count). The van der Waals surface area contributed by atoms with Gasteiger partial charge in [0.25, 0.3) is 0 Å².